The van der Waals surface area contributed by atoms with Gasteiger partial charge in [-0.15, -0.1) is 10.2 Å². The Labute approximate surface area is 251 Å². The first-order valence-electron chi connectivity index (χ1n) is 13.9. The zero-order chi connectivity index (χ0) is 30.4. The third-order valence-electron chi connectivity index (χ3n) is 6.94. The molecule has 3 aromatic carbocycles. The average molecular weight is 610 g/mol. The normalized spacial score (nSPS) is 12.7. The summed E-state index contributed by atoms with van der Waals surface area (Å²) in [6, 6.07) is 19.1. The van der Waals surface area contributed by atoms with Gasteiger partial charge in [0.25, 0.3) is 5.91 Å². The molecule has 2 heterocycles. The average Bonchev–Trinajstić information content (AvgIpc) is 3.63. The highest BCUT2D eigenvalue weighted by molar-refractivity contribution is 7.99. The second kappa shape index (κ2) is 13.3. The summed E-state index contributed by atoms with van der Waals surface area (Å²) in [4.78, 5) is 27.7. The summed E-state index contributed by atoms with van der Waals surface area (Å²) in [7, 11) is 0. The lowest BCUT2D eigenvalue weighted by molar-refractivity contribution is -0.137. The third-order valence-corrected chi connectivity index (χ3v) is 7.85. The molecule has 0 radical (unpaired) electrons. The van der Waals surface area contributed by atoms with Crippen molar-refractivity contribution in [3.8, 4) is 11.4 Å². The molecule has 1 aliphatic heterocycles. The molecule has 0 spiro atoms. The number of alkyl halides is 3. The number of nitrogens with one attached hydrogen (secondary N) is 1. The summed E-state index contributed by atoms with van der Waals surface area (Å²) >= 11 is 1.08. The first-order chi connectivity index (χ1) is 20.7. The number of benzene rings is 3. The number of thioether (sulfide) groups is 1. The van der Waals surface area contributed by atoms with E-state index in [9.17, 15) is 22.8 Å². The Kier molecular flexibility index (Phi) is 9.34. The summed E-state index contributed by atoms with van der Waals surface area (Å²) < 4.78 is 47.7. The largest absolute Gasteiger partial charge is 0.494 e. The van der Waals surface area contributed by atoms with E-state index >= 15 is 0 Å². The van der Waals surface area contributed by atoms with Crippen molar-refractivity contribution in [2.45, 2.75) is 44.1 Å². The van der Waals surface area contributed by atoms with Crippen molar-refractivity contribution in [3.05, 3.63) is 95.3 Å². The highest BCUT2D eigenvalue weighted by atomic mass is 32.2. The van der Waals surface area contributed by atoms with E-state index in [-0.39, 0.29) is 34.9 Å². The molecule has 5 rings (SSSR count). The molecular formula is C31H30F3N5O3S. The van der Waals surface area contributed by atoms with Crippen LogP contribution in [0.2, 0.25) is 0 Å². The minimum Gasteiger partial charge on any atom is -0.494 e. The number of unbranched alkanes of at least 4 members (excludes halogenated alkanes) is 1. The van der Waals surface area contributed by atoms with E-state index in [4.69, 9.17) is 4.74 Å². The van der Waals surface area contributed by atoms with E-state index in [0.29, 0.717) is 24.5 Å². The van der Waals surface area contributed by atoms with Gasteiger partial charge in [-0.1, -0.05) is 49.4 Å². The molecule has 0 saturated heterocycles. The van der Waals surface area contributed by atoms with Crippen LogP contribution in [0.4, 0.5) is 18.9 Å². The van der Waals surface area contributed by atoms with Crippen molar-refractivity contribution in [2.75, 3.05) is 23.8 Å². The van der Waals surface area contributed by atoms with Crippen LogP contribution in [0.25, 0.3) is 5.69 Å². The number of hydrogen-bond donors (Lipinski definition) is 1. The zero-order valence-electron chi connectivity index (χ0n) is 23.4. The van der Waals surface area contributed by atoms with Crippen molar-refractivity contribution in [2.24, 2.45) is 0 Å². The topological polar surface area (TPSA) is 89.3 Å². The molecule has 1 N–H and O–H groups in total. The molecule has 4 aromatic rings. The van der Waals surface area contributed by atoms with Crippen LogP contribution in [0.5, 0.6) is 5.75 Å². The number of rotatable bonds is 11. The first-order valence-corrected chi connectivity index (χ1v) is 14.9. The maximum Gasteiger partial charge on any atom is 0.416 e. The molecule has 0 bridgehead atoms. The number of halogens is 3. The molecule has 1 aliphatic rings. The number of carbonyl (C=O) groups is 2. The fraction of sp³-hybridized carbons (Fsp3) is 0.290. The Morgan fingerprint density at radius 3 is 2.58 bits per heavy atom. The number of aromatic nitrogens is 3. The number of anilines is 1. The predicted molar refractivity (Wildman–Crippen MR) is 158 cm³/mol. The van der Waals surface area contributed by atoms with Crippen LogP contribution in [0, 0.1) is 0 Å². The summed E-state index contributed by atoms with van der Waals surface area (Å²) in [6.45, 7) is 3.11. The lowest BCUT2D eigenvalue weighted by Gasteiger charge is -2.17. The van der Waals surface area contributed by atoms with Crippen molar-refractivity contribution < 1.29 is 27.5 Å². The summed E-state index contributed by atoms with van der Waals surface area (Å²) in [5, 5.41) is 11.4. The van der Waals surface area contributed by atoms with Crippen molar-refractivity contribution in [1.29, 1.82) is 0 Å². The zero-order valence-corrected chi connectivity index (χ0v) is 24.3. The monoisotopic (exact) mass is 609 g/mol. The fourth-order valence-electron chi connectivity index (χ4n) is 4.69. The Morgan fingerprint density at radius 2 is 1.81 bits per heavy atom. The lowest BCUT2D eigenvalue weighted by Crippen LogP contribution is -2.30. The third kappa shape index (κ3) is 7.19. The van der Waals surface area contributed by atoms with E-state index in [1.165, 1.54) is 16.7 Å². The number of hydrogen-bond acceptors (Lipinski definition) is 6. The Hall–Kier alpha value is -4.32. The van der Waals surface area contributed by atoms with Crippen molar-refractivity contribution >= 4 is 29.3 Å². The fourth-order valence-corrected chi connectivity index (χ4v) is 5.54. The minimum absolute atomic E-state index is 0.00443. The highest BCUT2D eigenvalue weighted by Gasteiger charge is 2.31. The van der Waals surface area contributed by atoms with Gasteiger partial charge >= 0.3 is 6.18 Å². The predicted octanol–water partition coefficient (Wildman–Crippen LogP) is 6.08. The molecule has 1 aromatic heterocycles. The van der Waals surface area contributed by atoms with Gasteiger partial charge in [0.15, 0.2) is 11.0 Å². The highest BCUT2D eigenvalue weighted by Crippen LogP contribution is 2.33. The van der Waals surface area contributed by atoms with Gasteiger partial charge < -0.3 is 15.0 Å². The number of fused-ring (bicyclic) bond motifs is 1. The molecule has 43 heavy (non-hydrogen) atoms. The number of amides is 2. The van der Waals surface area contributed by atoms with Crippen LogP contribution in [-0.2, 0) is 23.9 Å². The van der Waals surface area contributed by atoms with Gasteiger partial charge in [0.2, 0.25) is 5.91 Å². The molecule has 12 heteroatoms. The quantitative estimate of drug-likeness (QED) is 0.164. The molecule has 0 unspecified atom stereocenters. The minimum atomic E-state index is -4.56. The van der Waals surface area contributed by atoms with Gasteiger partial charge in [0.05, 0.1) is 30.2 Å². The number of carbonyl (C=O) groups excluding carboxylic acids is 2. The second-order valence-corrected chi connectivity index (χ2v) is 10.8. The van der Waals surface area contributed by atoms with Gasteiger partial charge in [0, 0.05) is 17.8 Å². The van der Waals surface area contributed by atoms with Gasteiger partial charge in [-0.2, -0.15) is 13.2 Å². The van der Waals surface area contributed by atoms with Crippen LogP contribution in [0.1, 0.15) is 47.1 Å². The van der Waals surface area contributed by atoms with Crippen LogP contribution in [-0.4, -0.2) is 45.5 Å². The molecule has 2 amide bonds. The van der Waals surface area contributed by atoms with E-state index in [2.05, 4.69) is 22.4 Å². The first kappa shape index (κ1) is 30.1. The molecular weight excluding hydrogens is 579 g/mol. The maximum absolute atomic E-state index is 13.6. The van der Waals surface area contributed by atoms with E-state index < -0.39 is 17.6 Å². The number of ether oxygens (including phenoxy) is 1. The van der Waals surface area contributed by atoms with Crippen molar-refractivity contribution in [1.82, 2.24) is 20.1 Å². The van der Waals surface area contributed by atoms with Crippen LogP contribution < -0.4 is 15.0 Å². The molecule has 0 fully saturated rings. The smallest absolute Gasteiger partial charge is 0.416 e. The molecule has 0 aliphatic carbocycles. The molecule has 0 saturated carbocycles. The molecule has 224 valence electrons. The van der Waals surface area contributed by atoms with E-state index in [1.54, 1.807) is 29.2 Å². The Bertz CT molecular complexity index is 1590. The van der Waals surface area contributed by atoms with Gasteiger partial charge in [-0.25, -0.2) is 0 Å². The standard InChI is InChI=1S/C31H30F3N5O3S/c1-2-3-17-42-25-13-11-22(12-14-25)29(41)35-19-27-36-37-30(39(27)24-9-6-8-23(18-24)31(32,33)34)43-20-28(40)38-16-15-21-7-4-5-10-26(21)38/h4-14,18H,2-3,15-17,19-20H2,1H3,(H,35,41). The van der Waals surface area contributed by atoms with Crippen molar-refractivity contribution in [3.63, 3.8) is 0 Å². The Balaban J connectivity index is 1.33. The van der Waals surface area contributed by atoms with Crippen LogP contribution >= 0.6 is 11.8 Å². The van der Waals surface area contributed by atoms with Gasteiger partial charge in [-0.3, -0.25) is 14.2 Å². The van der Waals surface area contributed by atoms with Crippen LogP contribution in [0.15, 0.2) is 78.0 Å². The SMILES string of the molecule is CCCCOc1ccc(C(=O)NCc2nnc(SCC(=O)N3CCc4ccccc43)n2-c2cccc(C(F)(F)F)c2)cc1. The van der Waals surface area contributed by atoms with Crippen LogP contribution in [0.3, 0.4) is 0 Å². The molecule has 8 nitrogen and oxygen atoms in total. The molecule has 0 atom stereocenters. The van der Waals surface area contributed by atoms with Gasteiger partial charge in [0.1, 0.15) is 5.75 Å². The number of nitrogens with zero attached hydrogens (tertiary/aromatic N) is 4. The van der Waals surface area contributed by atoms with Gasteiger partial charge in [-0.05, 0) is 66.9 Å². The second-order valence-electron chi connectivity index (χ2n) is 9.90. The summed E-state index contributed by atoms with van der Waals surface area (Å²) in [5.41, 5.74) is 1.66. The maximum atomic E-state index is 13.6. The Morgan fingerprint density at radius 1 is 1.02 bits per heavy atom. The van der Waals surface area contributed by atoms with E-state index in [1.807, 2.05) is 24.3 Å². The number of para-hydroxylation sites is 1. The summed E-state index contributed by atoms with van der Waals surface area (Å²) in [6.07, 6.45) is -1.87. The van der Waals surface area contributed by atoms with E-state index in [0.717, 1.165) is 54.4 Å². The summed E-state index contributed by atoms with van der Waals surface area (Å²) in [5.74, 6) is 0.336. The lowest BCUT2D eigenvalue weighted by atomic mass is 10.2.